The van der Waals surface area contributed by atoms with Crippen LogP contribution in [-0.2, 0) is 4.79 Å². The number of nitrogens with zero attached hydrogens (tertiary/aromatic N) is 2. The highest BCUT2D eigenvalue weighted by Gasteiger charge is 2.24. The van der Waals surface area contributed by atoms with Crippen LogP contribution in [0.25, 0.3) is 0 Å². The Hall–Kier alpha value is -0.610. The summed E-state index contributed by atoms with van der Waals surface area (Å²) in [5.74, 6) is 1.63. The molecule has 0 aromatic carbocycles. The van der Waals surface area contributed by atoms with Gasteiger partial charge >= 0.3 is 0 Å². The highest BCUT2D eigenvalue weighted by Crippen LogP contribution is 2.20. The van der Waals surface area contributed by atoms with Crippen molar-refractivity contribution in [2.45, 2.75) is 33.1 Å². The fourth-order valence-corrected chi connectivity index (χ4v) is 3.10. The number of hydrogen-bond acceptors (Lipinski definition) is 3. The Morgan fingerprint density at radius 1 is 1.16 bits per heavy atom. The van der Waals surface area contributed by atoms with Crippen molar-refractivity contribution in [2.24, 2.45) is 11.8 Å². The first-order valence-electron chi connectivity index (χ1n) is 7.86. The van der Waals surface area contributed by atoms with E-state index in [0.29, 0.717) is 18.2 Å². The predicted molar refractivity (Wildman–Crippen MR) is 78.1 cm³/mol. The SMILES string of the molecule is CC(C)CC(=O)N1CCC(CN2CCNCC2)CC1. The summed E-state index contributed by atoms with van der Waals surface area (Å²) in [6.07, 6.45) is 3.09. The third-order valence-corrected chi connectivity index (χ3v) is 4.28. The van der Waals surface area contributed by atoms with E-state index in [4.69, 9.17) is 0 Å². The van der Waals surface area contributed by atoms with Crippen LogP contribution in [0.1, 0.15) is 33.1 Å². The van der Waals surface area contributed by atoms with Crippen molar-refractivity contribution >= 4 is 5.91 Å². The molecule has 2 fully saturated rings. The summed E-state index contributed by atoms with van der Waals surface area (Å²) in [6.45, 7) is 12.1. The van der Waals surface area contributed by atoms with Crippen LogP contribution in [0, 0.1) is 11.8 Å². The molecule has 2 heterocycles. The molecule has 0 aliphatic carbocycles. The number of likely N-dealkylation sites (tertiary alicyclic amines) is 1. The Balaban J connectivity index is 1.68. The lowest BCUT2D eigenvalue weighted by atomic mass is 9.95. The number of piperidine rings is 1. The summed E-state index contributed by atoms with van der Waals surface area (Å²) >= 11 is 0. The second kappa shape index (κ2) is 7.25. The molecule has 0 aromatic heterocycles. The van der Waals surface area contributed by atoms with E-state index in [-0.39, 0.29) is 0 Å². The largest absolute Gasteiger partial charge is 0.343 e. The van der Waals surface area contributed by atoms with Crippen LogP contribution >= 0.6 is 0 Å². The van der Waals surface area contributed by atoms with Crippen molar-refractivity contribution < 1.29 is 4.79 Å². The van der Waals surface area contributed by atoms with Gasteiger partial charge in [0.05, 0.1) is 0 Å². The fourth-order valence-electron chi connectivity index (χ4n) is 3.10. The molecule has 2 aliphatic rings. The zero-order chi connectivity index (χ0) is 13.7. The third kappa shape index (κ3) is 4.77. The number of piperazine rings is 1. The number of amides is 1. The molecule has 4 nitrogen and oxygen atoms in total. The molecule has 4 heteroatoms. The average molecular weight is 267 g/mol. The van der Waals surface area contributed by atoms with E-state index in [2.05, 4.69) is 29.0 Å². The Morgan fingerprint density at radius 2 is 1.79 bits per heavy atom. The lowest BCUT2D eigenvalue weighted by molar-refractivity contribution is -0.133. The summed E-state index contributed by atoms with van der Waals surface area (Å²) in [7, 11) is 0. The Labute approximate surface area is 117 Å². The van der Waals surface area contributed by atoms with E-state index < -0.39 is 0 Å². The molecule has 2 saturated heterocycles. The monoisotopic (exact) mass is 267 g/mol. The van der Waals surface area contributed by atoms with E-state index in [9.17, 15) is 4.79 Å². The average Bonchev–Trinajstić information content (AvgIpc) is 2.40. The van der Waals surface area contributed by atoms with E-state index in [1.54, 1.807) is 0 Å². The van der Waals surface area contributed by atoms with E-state index in [0.717, 1.165) is 32.1 Å². The van der Waals surface area contributed by atoms with E-state index in [1.807, 2.05) is 0 Å². The smallest absolute Gasteiger partial charge is 0.222 e. The minimum Gasteiger partial charge on any atom is -0.343 e. The molecule has 0 atom stereocenters. The van der Waals surface area contributed by atoms with Crippen LogP contribution in [0.5, 0.6) is 0 Å². The summed E-state index contributed by atoms with van der Waals surface area (Å²) in [5, 5.41) is 3.40. The van der Waals surface area contributed by atoms with Crippen molar-refractivity contribution in [1.29, 1.82) is 0 Å². The molecular weight excluding hydrogens is 238 g/mol. The quantitative estimate of drug-likeness (QED) is 0.831. The molecule has 0 aromatic rings. The molecule has 19 heavy (non-hydrogen) atoms. The molecule has 110 valence electrons. The van der Waals surface area contributed by atoms with Crippen molar-refractivity contribution in [2.75, 3.05) is 45.8 Å². The minimum atomic E-state index is 0.357. The molecular formula is C15H29N3O. The van der Waals surface area contributed by atoms with Crippen LogP contribution in [-0.4, -0.2) is 61.5 Å². The second-order valence-electron chi connectivity index (χ2n) is 6.47. The summed E-state index contributed by atoms with van der Waals surface area (Å²) < 4.78 is 0. The summed E-state index contributed by atoms with van der Waals surface area (Å²) in [6, 6.07) is 0. The number of nitrogens with one attached hydrogen (secondary N) is 1. The topological polar surface area (TPSA) is 35.6 Å². The number of carbonyl (C=O) groups is 1. The van der Waals surface area contributed by atoms with Crippen molar-refractivity contribution in [3.05, 3.63) is 0 Å². The molecule has 0 unspecified atom stereocenters. The van der Waals surface area contributed by atoms with Gasteiger partial charge in [-0.05, 0) is 24.7 Å². The van der Waals surface area contributed by atoms with Gasteiger partial charge in [0.15, 0.2) is 0 Å². The van der Waals surface area contributed by atoms with Gasteiger partial charge in [-0.3, -0.25) is 4.79 Å². The van der Waals surface area contributed by atoms with Crippen molar-refractivity contribution in [3.63, 3.8) is 0 Å². The van der Waals surface area contributed by atoms with Crippen LogP contribution in [0.15, 0.2) is 0 Å². The van der Waals surface area contributed by atoms with Gasteiger partial charge < -0.3 is 15.1 Å². The van der Waals surface area contributed by atoms with Gasteiger partial charge in [0.1, 0.15) is 0 Å². The highest BCUT2D eigenvalue weighted by molar-refractivity contribution is 5.76. The lowest BCUT2D eigenvalue weighted by Gasteiger charge is -2.36. The standard InChI is InChI=1S/C15H29N3O/c1-13(2)11-15(19)18-7-3-14(4-8-18)12-17-9-5-16-6-10-17/h13-14,16H,3-12H2,1-2H3. The van der Waals surface area contributed by atoms with Gasteiger partial charge in [-0.2, -0.15) is 0 Å². The molecule has 1 N–H and O–H groups in total. The normalized spacial score (nSPS) is 23.0. The van der Waals surface area contributed by atoms with Crippen LogP contribution in [0.3, 0.4) is 0 Å². The molecule has 1 amide bonds. The van der Waals surface area contributed by atoms with E-state index >= 15 is 0 Å². The number of carbonyl (C=O) groups excluding carboxylic acids is 1. The van der Waals surface area contributed by atoms with Gasteiger partial charge in [0.25, 0.3) is 0 Å². The maximum atomic E-state index is 12.0. The summed E-state index contributed by atoms with van der Waals surface area (Å²) in [5.41, 5.74) is 0. The molecule has 0 bridgehead atoms. The van der Waals surface area contributed by atoms with Gasteiger partial charge in [-0.25, -0.2) is 0 Å². The number of hydrogen-bond donors (Lipinski definition) is 1. The second-order valence-corrected chi connectivity index (χ2v) is 6.47. The Kier molecular flexibility index (Phi) is 5.64. The summed E-state index contributed by atoms with van der Waals surface area (Å²) in [4.78, 5) is 16.7. The Morgan fingerprint density at radius 3 is 2.37 bits per heavy atom. The van der Waals surface area contributed by atoms with Crippen LogP contribution < -0.4 is 5.32 Å². The number of rotatable bonds is 4. The predicted octanol–water partition coefficient (Wildman–Crippen LogP) is 1.18. The van der Waals surface area contributed by atoms with Gasteiger partial charge in [0.2, 0.25) is 5.91 Å². The zero-order valence-electron chi connectivity index (χ0n) is 12.5. The maximum Gasteiger partial charge on any atom is 0.222 e. The highest BCUT2D eigenvalue weighted by atomic mass is 16.2. The Bertz CT molecular complexity index is 279. The van der Waals surface area contributed by atoms with Gasteiger partial charge in [-0.1, -0.05) is 13.8 Å². The molecule has 0 spiro atoms. The molecule has 2 rings (SSSR count). The van der Waals surface area contributed by atoms with Crippen LogP contribution in [0.4, 0.5) is 0 Å². The third-order valence-electron chi connectivity index (χ3n) is 4.28. The first-order valence-corrected chi connectivity index (χ1v) is 7.86. The lowest BCUT2D eigenvalue weighted by Crippen LogP contribution is -2.47. The van der Waals surface area contributed by atoms with Crippen molar-refractivity contribution in [3.8, 4) is 0 Å². The minimum absolute atomic E-state index is 0.357. The molecule has 2 aliphatic heterocycles. The first kappa shape index (κ1) is 14.8. The van der Waals surface area contributed by atoms with Gasteiger partial charge in [-0.15, -0.1) is 0 Å². The van der Waals surface area contributed by atoms with Crippen molar-refractivity contribution in [1.82, 2.24) is 15.1 Å². The molecule has 0 saturated carbocycles. The zero-order valence-corrected chi connectivity index (χ0v) is 12.5. The molecule has 0 radical (unpaired) electrons. The van der Waals surface area contributed by atoms with Gasteiger partial charge in [0, 0.05) is 52.2 Å². The first-order chi connectivity index (χ1) is 9.15. The van der Waals surface area contributed by atoms with E-state index in [1.165, 1.54) is 32.5 Å². The van der Waals surface area contributed by atoms with Crippen LogP contribution in [0.2, 0.25) is 0 Å². The fraction of sp³-hybridized carbons (Fsp3) is 0.933. The maximum absolute atomic E-state index is 12.0.